The predicted octanol–water partition coefficient (Wildman–Crippen LogP) is 5.51. The summed E-state index contributed by atoms with van der Waals surface area (Å²) in [5.74, 6) is 1.28. The van der Waals surface area contributed by atoms with Crippen LogP contribution in [0.15, 0.2) is 65.1 Å². The Kier molecular flexibility index (Phi) is 5.14. The molecule has 0 saturated carbocycles. The van der Waals surface area contributed by atoms with E-state index in [0.717, 1.165) is 15.9 Å². The summed E-state index contributed by atoms with van der Waals surface area (Å²) in [5.41, 5.74) is 2.88. The smallest absolute Gasteiger partial charge is 0.257 e. The van der Waals surface area contributed by atoms with Crippen LogP contribution in [0.3, 0.4) is 0 Å². The van der Waals surface area contributed by atoms with Crippen molar-refractivity contribution in [2.45, 2.75) is 13.8 Å². The average molecular weight is 397 g/mol. The van der Waals surface area contributed by atoms with Crippen molar-refractivity contribution >= 4 is 27.5 Å². The maximum Gasteiger partial charge on any atom is 0.257 e. The molecular weight excluding hydrogens is 380 g/mol. The summed E-state index contributed by atoms with van der Waals surface area (Å²) in [7, 11) is 0. The van der Waals surface area contributed by atoms with Crippen LogP contribution in [0.5, 0.6) is 11.5 Å². The van der Waals surface area contributed by atoms with E-state index < -0.39 is 0 Å². The lowest BCUT2D eigenvalue weighted by atomic mass is 10.1. The van der Waals surface area contributed by atoms with Crippen LogP contribution in [0.1, 0.15) is 21.7 Å². The second-order valence-corrected chi connectivity index (χ2v) is 6.54. The van der Waals surface area contributed by atoms with Gasteiger partial charge in [-0.15, -0.1) is 0 Å². The van der Waals surface area contributed by atoms with Gasteiger partial charge in [0.1, 0.15) is 11.5 Å². The molecule has 1 heterocycles. The normalized spacial score (nSPS) is 10.4. The molecule has 3 aromatic rings. The van der Waals surface area contributed by atoms with E-state index in [1.807, 2.05) is 68.4 Å². The largest absolute Gasteiger partial charge is 0.457 e. The van der Waals surface area contributed by atoms with Crippen molar-refractivity contribution in [1.29, 1.82) is 0 Å². The molecule has 0 aliphatic rings. The van der Waals surface area contributed by atoms with Gasteiger partial charge in [0.05, 0.1) is 11.3 Å². The molecule has 0 spiro atoms. The molecule has 25 heavy (non-hydrogen) atoms. The number of nitrogens with zero attached hydrogens (tertiary/aromatic N) is 1. The summed E-state index contributed by atoms with van der Waals surface area (Å²) < 4.78 is 6.77. The second kappa shape index (κ2) is 7.49. The van der Waals surface area contributed by atoms with Gasteiger partial charge in [-0.2, -0.15) is 0 Å². The molecule has 0 saturated heterocycles. The topological polar surface area (TPSA) is 51.2 Å². The summed E-state index contributed by atoms with van der Waals surface area (Å²) in [6.07, 6.45) is 0. The molecule has 0 atom stereocenters. The number of pyridine rings is 1. The molecule has 2 aromatic carbocycles. The highest BCUT2D eigenvalue weighted by atomic mass is 79.9. The van der Waals surface area contributed by atoms with E-state index in [9.17, 15) is 4.79 Å². The van der Waals surface area contributed by atoms with E-state index in [-0.39, 0.29) is 5.91 Å². The fourth-order valence-corrected chi connectivity index (χ4v) is 2.63. The van der Waals surface area contributed by atoms with Gasteiger partial charge in [0.15, 0.2) is 0 Å². The van der Waals surface area contributed by atoms with Gasteiger partial charge < -0.3 is 10.1 Å². The Labute approximate surface area is 155 Å². The zero-order chi connectivity index (χ0) is 17.8. The van der Waals surface area contributed by atoms with Crippen molar-refractivity contribution in [2.24, 2.45) is 0 Å². The first kappa shape index (κ1) is 17.2. The summed E-state index contributed by atoms with van der Waals surface area (Å²) in [5, 5.41) is 2.88. The van der Waals surface area contributed by atoms with Crippen LogP contribution in [0.25, 0.3) is 0 Å². The Morgan fingerprint density at radius 2 is 1.52 bits per heavy atom. The molecule has 4 nitrogen and oxygen atoms in total. The van der Waals surface area contributed by atoms with Crippen molar-refractivity contribution in [1.82, 2.24) is 4.98 Å². The highest BCUT2D eigenvalue weighted by molar-refractivity contribution is 9.10. The van der Waals surface area contributed by atoms with Crippen molar-refractivity contribution in [3.8, 4) is 11.5 Å². The predicted molar refractivity (Wildman–Crippen MR) is 102 cm³/mol. The lowest BCUT2D eigenvalue weighted by molar-refractivity contribution is 0.102. The van der Waals surface area contributed by atoms with E-state index in [4.69, 9.17) is 4.74 Å². The summed E-state index contributed by atoms with van der Waals surface area (Å²) in [6.45, 7) is 3.73. The van der Waals surface area contributed by atoms with E-state index in [1.54, 1.807) is 6.07 Å². The number of nitrogens with one attached hydrogen (secondary N) is 1. The number of aryl methyl sites for hydroxylation is 2. The van der Waals surface area contributed by atoms with Crippen LogP contribution in [-0.2, 0) is 0 Å². The third-order valence-electron chi connectivity index (χ3n) is 3.63. The van der Waals surface area contributed by atoms with E-state index in [1.165, 1.54) is 0 Å². The van der Waals surface area contributed by atoms with Gasteiger partial charge in [-0.3, -0.25) is 9.78 Å². The number of amides is 1. The van der Waals surface area contributed by atoms with Crippen molar-refractivity contribution < 1.29 is 9.53 Å². The maximum absolute atomic E-state index is 12.4. The number of halogens is 1. The first-order valence-electron chi connectivity index (χ1n) is 7.80. The lowest BCUT2D eigenvalue weighted by Crippen LogP contribution is -2.14. The SMILES string of the molecule is Cc1ccc(C(=O)Nc2ccc(Oc3ccc(Br)cc3)cc2)c(C)n1. The first-order valence-corrected chi connectivity index (χ1v) is 8.59. The third kappa shape index (κ3) is 4.45. The molecule has 126 valence electrons. The number of hydrogen-bond acceptors (Lipinski definition) is 3. The molecule has 3 rings (SSSR count). The molecule has 5 heteroatoms. The molecule has 0 radical (unpaired) electrons. The van der Waals surface area contributed by atoms with E-state index >= 15 is 0 Å². The number of benzene rings is 2. The van der Waals surface area contributed by atoms with Gasteiger partial charge in [0.2, 0.25) is 0 Å². The molecule has 0 bridgehead atoms. The van der Waals surface area contributed by atoms with Crippen LogP contribution in [0.2, 0.25) is 0 Å². The minimum Gasteiger partial charge on any atom is -0.457 e. The molecule has 0 fully saturated rings. The molecule has 1 amide bonds. The quantitative estimate of drug-likeness (QED) is 0.632. The molecule has 1 aromatic heterocycles. The number of hydrogen-bond donors (Lipinski definition) is 1. The molecule has 1 N–H and O–H groups in total. The highest BCUT2D eigenvalue weighted by Gasteiger charge is 2.10. The summed E-state index contributed by atoms with van der Waals surface area (Å²) in [6, 6.07) is 18.5. The van der Waals surface area contributed by atoms with Crippen molar-refractivity contribution in [3.05, 3.63) is 82.1 Å². The van der Waals surface area contributed by atoms with Crippen LogP contribution < -0.4 is 10.1 Å². The number of anilines is 1. The number of rotatable bonds is 4. The number of aromatic nitrogens is 1. The molecule has 0 aliphatic carbocycles. The van der Waals surface area contributed by atoms with Gasteiger partial charge in [-0.25, -0.2) is 0 Å². The average Bonchev–Trinajstić information content (AvgIpc) is 2.58. The zero-order valence-corrected chi connectivity index (χ0v) is 15.5. The standard InChI is InChI=1S/C20H17BrN2O2/c1-13-3-12-19(14(2)22-13)20(24)23-16-6-10-18(11-7-16)25-17-8-4-15(21)5-9-17/h3-12H,1-2H3,(H,23,24). The fraction of sp³-hybridized carbons (Fsp3) is 0.100. The second-order valence-electron chi connectivity index (χ2n) is 5.62. The van der Waals surface area contributed by atoms with Crippen molar-refractivity contribution in [2.75, 3.05) is 5.32 Å². The first-order chi connectivity index (χ1) is 12.0. The Morgan fingerprint density at radius 1 is 0.920 bits per heavy atom. The minimum atomic E-state index is -0.174. The van der Waals surface area contributed by atoms with Gasteiger partial charge in [0, 0.05) is 15.9 Å². The Hall–Kier alpha value is -2.66. The molecular formula is C20H17BrN2O2. The van der Waals surface area contributed by atoms with Gasteiger partial charge in [-0.1, -0.05) is 15.9 Å². The number of carbonyl (C=O) groups excluding carboxylic acids is 1. The van der Waals surface area contributed by atoms with Crippen LogP contribution >= 0.6 is 15.9 Å². The van der Waals surface area contributed by atoms with Crippen LogP contribution in [0.4, 0.5) is 5.69 Å². The minimum absolute atomic E-state index is 0.174. The van der Waals surface area contributed by atoms with Gasteiger partial charge >= 0.3 is 0 Å². The summed E-state index contributed by atoms with van der Waals surface area (Å²) in [4.78, 5) is 16.7. The molecule has 0 aliphatic heterocycles. The van der Waals surface area contributed by atoms with Crippen molar-refractivity contribution in [3.63, 3.8) is 0 Å². The van der Waals surface area contributed by atoms with Crippen LogP contribution in [0, 0.1) is 13.8 Å². The summed E-state index contributed by atoms with van der Waals surface area (Å²) >= 11 is 3.39. The van der Waals surface area contributed by atoms with Gasteiger partial charge in [-0.05, 0) is 74.5 Å². The Bertz CT molecular complexity index is 891. The fourth-order valence-electron chi connectivity index (χ4n) is 2.37. The Morgan fingerprint density at radius 3 is 2.12 bits per heavy atom. The highest BCUT2D eigenvalue weighted by Crippen LogP contribution is 2.24. The molecule has 0 unspecified atom stereocenters. The third-order valence-corrected chi connectivity index (χ3v) is 4.16. The van der Waals surface area contributed by atoms with E-state index in [0.29, 0.717) is 22.7 Å². The van der Waals surface area contributed by atoms with E-state index in [2.05, 4.69) is 26.2 Å². The maximum atomic E-state index is 12.4. The lowest BCUT2D eigenvalue weighted by Gasteiger charge is -2.09. The monoisotopic (exact) mass is 396 g/mol. The Balaban J connectivity index is 1.67. The number of carbonyl (C=O) groups is 1. The van der Waals surface area contributed by atoms with Gasteiger partial charge in [0.25, 0.3) is 5.91 Å². The number of ether oxygens (including phenoxy) is 1. The van der Waals surface area contributed by atoms with Crippen LogP contribution in [-0.4, -0.2) is 10.9 Å². The zero-order valence-electron chi connectivity index (χ0n) is 13.9.